The van der Waals surface area contributed by atoms with Crippen molar-refractivity contribution in [1.82, 2.24) is 0 Å². The summed E-state index contributed by atoms with van der Waals surface area (Å²) in [5.41, 5.74) is 7.28. The van der Waals surface area contributed by atoms with Gasteiger partial charge in [-0.2, -0.15) is 0 Å². The van der Waals surface area contributed by atoms with E-state index >= 15 is 0 Å². The highest BCUT2D eigenvalue weighted by atomic mass is 16.4. The second-order valence-corrected chi connectivity index (χ2v) is 3.89. The molecule has 1 aliphatic carbocycles. The second kappa shape index (κ2) is 3.46. The molecule has 0 spiro atoms. The Labute approximate surface area is 88.3 Å². The molecule has 0 atom stereocenters. The molecule has 15 heavy (non-hydrogen) atoms. The second-order valence-electron chi connectivity index (χ2n) is 3.89. The Balaban J connectivity index is 2.46. The SMILES string of the molecule is CN(c1c(N)cccc1C(=O)O)C1CC1. The fourth-order valence-corrected chi connectivity index (χ4v) is 1.77. The van der Waals surface area contributed by atoms with E-state index in [4.69, 9.17) is 10.8 Å². The molecular formula is C11H14N2O2. The molecule has 0 amide bonds. The summed E-state index contributed by atoms with van der Waals surface area (Å²) >= 11 is 0. The summed E-state index contributed by atoms with van der Waals surface area (Å²) in [5.74, 6) is -0.926. The third kappa shape index (κ3) is 1.75. The van der Waals surface area contributed by atoms with Gasteiger partial charge in [0.05, 0.1) is 16.9 Å². The minimum absolute atomic E-state index is 0.282. The van der Waals surface area contributed by atoms with Crippen molar-refractivity contribution in [3.63, 3.8) is 0 Å². The summed E-state index contributed by atoms with van der Waals surface area (Å²) < 4.78 is 0. The number of hydrogen-bond donors (Lipinski definition) is 2. The standard InChI is InChI=1S/C11H14N2O2/c1-13(7-5-6-7)10-8(11(14)15)3-2-4-9(10)12/h2-4,7H,5-6,12H2,1H3,(H,14,15). The minimum Gasteiger partial charge on any atom is -0.478 e. The predicted octanol–water partition coefficient (Wildman–Crippen LogP) is 1.57. The normalized spacial score (nSPS) is 15.0. The lowest BCUT2D eigenvalue weighted by Crippen LogP contribution is -2.23. The van der Waals surface area contributed by atoms with Crippen LogP contribution in [0.5, 0.6) is 0 Å². The maximum atomic E-state index is 11.0. The van der Waals surface area contributed by atoms with Crippen molar-refractivity contribution in [2.45, 2.75) is 18.9 Å². The van der Waals surface area contributed by atoms with Gasteiger partial charge < -0.3 is 15.7 Å². The lowest BCUT2D eigenvalue weighted by atomic mass is 10.1. The number of aromatic carboxylic acids is 1. The molecule has 0 aliphatic heterocycles. The van der Waals surface area contributed by atoms with Crippen LogP contribution in [0.3, 0.4) is 0 Å². The number of carboxylic acids is 1. The first-order chi connectivity index (χ1) is 7.11. The van der Waals surface area contributed by atoms with E-state index in [0.29, 0.717) is 17.4 Å². The van der Waals surface area contributed by atoms with Gasteiger partial charge in [0.1, 0.15) is 0 Å². The van der Waals surface area contributed by atoms with Crippen LogP contribution in [0.1, 0.15) is 23.2 Å². The van der Waals surface area contributed by atoms with Gasteiger partial charge in [-0.15, -0.1) is 0 Å². The van der Waals surface area contributed by atoms with Gasteiger partial charge in [-0.25, -0.2) is 4.79 Å². The number of anilines is 2. The molecular weight excluding hydrogens is 192 g/mol. The van der Waals surface area contributed by atoms with Crippen molar-refractivity contribution in [2.24, 2.45) is 0 Å². The summed E-state index contributed by atoms with van der Waals surface area (Å²) in [6, 6.07) is 5.45. The number of rotatable bonds is 3. The molecule has 0 radical (unpaired) electrons. The van der Waals surface area contributed by atoms with Gasteiger partial charge in [0.2, 0.25) is 0 Å². The van der Waals surface area contributed by atoms with E-state index in [-0.39, 0.29) is 5.56 Å². The molecule has 0 bridgehead atoms. The van der Waals surface area contributed by atoms with Crippen LogP contribution in [0.15, 0.2) is 18.2 Å². The third-order valence-corrected chi connectivity index (χ3v) is 2.74. The van der Waals surface area contributed by atoms with Crippen LogP contribution >= 0.6 is 0 Å². The Morgan fingerprint density at radius 3 is 2.73 bits per heavy atom. The van der Waals surface area contributed by atoms with Crippen molar-refractivity contribution >= 4 is 17.3 Å². The van der Waals surface area contributed by atoms with Crippen LogP contribution in [0.25, 0.3) is 0 Å². The number of nitrogen functional groups attached to an aromatic ring is 1. The van der Waals surface area contributed by atoms with Crippen LogP contribution < -0.4 is 10.6 Å². The highest BCUT2D eigenvalue weighted by Crippen LogP contribution is 2.35. The summed E-state index contributed by atoms with van der Waals surface area (Å²) in [6.45, 7) is 0. The maximum Gasteiger partial charge on any atom is 0.337 e. The first-order valence-electron chi connectivity index (χ1n) is 4.96. The molecule has 0 saturated heterocycles. The molecule has 1 aromatic rings. The van der Waals surface area contributed by atoms with Gasteiger partial charge in [-0.3, -0.25) is 0 Å². The lowest BCUT2D eigenvalue weighted by Gasteiger charge is -2.22. The Morgan fingerprint density at radius 2 is 2.20 bits per heavy atom. The zero-order valence-electron chi connectivity index (χ0n) is 8.60. The molecule has 0 heterocycles. The third-order valence-electron chi connectivity index (χ3n) is 2.74. The fourth-order valence-electron chi connectivity index (χ4n) is 1.77. The average Bonchev–Trinajstić information content (AvgIpc) is 2.99. The smallest absolute Gasteiger partial charge is 0.337 e. The van der Waals surface area contributed by atoms with E-state index in [2.05, 4.69) is 0 Å². The number of para-hydroxylation sites is 1. The highest BCUT2D eigenvalue weighted by molar-refractivity contribution is 5.98. The zero-order valence-corrected chi connectivity index (χ0v) is 8.60. The van der Waals surface area contributed by atoms with Crippen LogP contribution in [-0.2, 0) is 0 Å². The van der Waals surface area contributed by atoms with Crippen LogP contribution in [0, 0.1) is 0 Å². The molecule has 1 aliphatic rings. The Morgan fingerprint density at radius 1 is 1.53 bits per heavy atom. The summed E-state index contributed by atoms with van der Waals surface area (Å²) in [6.07, 6.45) is 2.23. The molecule has 3 N–H and O–H groups in total. The van der Waals surface area contributed by atoms with Crippen molar-refractivity contribution < 1.29 is 9.90 Å². The number of carbonyl (C=O) groups is 1. The van der Waals surface area contributed by atoms with Gasteiger partial charge in [-0.1, -0.05) is 6.07 Å². The van der Waals surface area contributed by atoms with E-state index in [0.717, 1.165) is 12.8 Å². The van der Waals surface area contributed by atoms with Gasteiger partial charge in [0.15, 0.2) is 0 Å². The van der Waals surface area contributed by atoms with Gasteiger partial charge in [0.25, 0.3) is 0 Å². The molecule has 2 rings (SSSR count). The van der Waals surface area contributed by atoms with E-state index in [1.807, 2.05) is 11.9 Å². The summed E-state index contributed by atoms with van der Waals surface area (Å²) in [7, 11) is 1.90. The van der Waals surface area contributed by atoms with Gasteiger partial charge in [0, 0.05) is 13.1 Å². The van der Waals surface area contributed by atoms with Crippen molar-refractivity contribution in [3.8, 4) is 0 Å². The molecule has 0 aromatic heterocycles. The molecule has 4 nitrogen and oxygen atoms in total. The average molecular weight is 206 g/mol. The number of carboxylic acid groups (broad SMARTS) is 1. The van der Waals surface area contributed by atoms with Crippen molar-refractivity contribution in [1.29, 1.82) is 0 Å². The summed E-state index contributed by atoms with van der Waals surface area (Å²) in [5, 5.41) is 9.06. The van der Waals surface area contributed by atoms with Crippen molar-refractivity contribution in [2.75, 3.05) is 17.7 Å². The number of nitrogens with zero attached hydrogens (tertiary/aromatic N) is 1. The highest BCUT2D eigenvalue weighted by Gasteiger charge is 2.29. The van der Waals surface area contributed by atoms with Crippen LogP contribution in [-0.4, -0.2) is 24.2 Å². The van der Waals surface area contributed by atoms with E-state index < -0.39 is 5.97 Å². The minimum atomic E-state index is -0.926. The quantitative estimate of drug-likeness (QED) is 0.736. The summed E-state index contributed by atoms with van der Waals surface area (Å²) in [4.78, 5) is 13.0. The van der Waals surface area contributed by atoms with Crippen LogP contribution in [0.2, 0.25) is 0 Å². The van der Waals surface area contributed by atoms with Gasteiger partial charge >= 0.3 is 5.97 Å². The Hall–Kier alpha value is -1.71. The van der Waals surface area contributed by atoms with E-state index in [1.165, 1.54) is 0 Å². The number of benzene rings is 1. The van der Waals surface area contributed by atoms with Crippen molar-refractivity contribution in [3.05, 3.63) is 23.8 Å². The first kappa shape index (κ1) is 9.83. The van der Waals surface area contributed by atoms with Crippen LogP contribution in [0.4, 0.5) is 11.4 Å². The molecule has 0 unspecified atom stereocenters. The number of hydrogen-bond acceptors (Lipinski definition) is 3. The molecule has 4 heteroatoms. The first-order valence-corrected chi connectivity index (χ1v) is 4.96. The molecule has 1 saturated carbocycles. The molecule has 1 aromatic carbocycles. The maximum absolute atomic E-state index is 11.0. The molecule has 1 fully saturated rings. The fraction of sp³-hybridized carbons (Fsp3) is 0.364. The Bertz CT molecular complexity index is 400. The topological polar surface area (TPSA) is 66.6 Å². The largest absolute Gasteiger partial charge is 0.478 e. The van der Waals surface area contributed by atoms with E-state index in [9.17, 15) is 4.79 Å². The molecule has 80 valence electrons. The number of nitrogens with two attached hydrogens (primary N) is 1. The lowest BCUT2D eigenvalue weighted by molar-refractivity contribution is 0.0697. The Kier molecular flexibility index (Phi) is 2.26. The zero-order chi connectivity index (χ0) is 11.0. The predicted molar refractivity (Wildman–Crippen MR) is 59.2 cm³/mol. The monoisotopic (exact) mass is 206 g/mol. The van der Waals surface area contributed by atoms with E-state index in [1.54, 1.807) is 18.2 Å². The van der Waals surface area contributed by atoms with Gasteiger partial charge in [-0.05, 0) is 25.0 Å².